The van der Waals surface area contributed by atoms with Crippen LogP contribution in [0.15, 0.2) is 12.3 Å². The smallest absolute Gasteiger partial charge is 0.103 e. The van der Waals surface area contributed by atoms with Crippen molar-refractivity contribution in [1.29, 1.82) is 0 Å². The molecular formula is C6H11NO. The van der Waals surface area contributed by atoms with Gasteiger partial charge < -0.3 is 10.1 Å². The summed E-state index contributed by atoms with van der Waals surface area (Å²) < 4.78 is 5.03. The van der Waals surface area contributed by atoms with Gasteiger partial charge in [0.05, 0.1) is 6.26 Å². The van der Waals surface area contributed by atoms with E-state index in [9.17, 15) is 0 Å². The summed E-state index contributed by atoms with van der Waals surface area (Å²) >= 11 is 0. The van der Waals surface area contributed by atoms with E-state index in [-0.39, 0.29) is 0 Å². The SMILES string of the molecule is CNC1CC=COC1. The minimum Gasteiger partial charge on any atom is -0.500 e. The second-order valence-electron chi connectivity index (χ2n) is 1.93. The minimum absolute atomic E-state index is 0.528. The minimum atomic E-state index is 0.528. The first-order chi connectivity index (χ1) is 3.93. The monoisotopic (exact) mass is 113 g/mol. The van der Waals surface area contributed by atoms with Gasteiger partial charge in [-0.05, 0) is 19.5 Å². The van der Waals surface area contributed by atoms with E-state index < -0.39 is 0 Å². The molecule has 1 aliphatic rings. The summed E-state index contributed by atoms with van der Waals surface area (Å²) in [4.78, 5) is 0. The lowest BCUT2D eigenvalue weighted by molar-refractivity contribution is 0.197. The molecule has 0 radical (unpaired) electrons. The van der Waals surface area contributed by atoms with Crippen LogP contribution in [-0.2, 0) is 4.74 Å². The van der Waals surface area contributed by atoms with Gasteiger partial charge in [-0.3, -0.25) is 0 Å². The molecule has 1 atom stereocenters. The molecule has 1 aliphatic heterocycles. The predicted octanol–water partition coefficient (Wildman–Crippen LogP) is 0.508. The number of rotatable bonds is 1. The van der Waals surface area contributed by atoms with Crippen molar-refractivity contribution in [3.05, 3.63) is 12.3 Å². The van der Waals surface area contributed by atoms with Gasteiger partial charge in [-0.25, -0.2) is 0 Å². The normalized spacial score (nSPS) is 27.4. The molecule has 0 amide bonds. The highest BCUT2D eigenvalue weighted by atomic mass is 16.5. The fourth-order valence-corrected chi connectivity index (χ4v) is 0.729. The van der Waals surface area contributed by atoms with E-state index in [0.29, 0.717) is 6.04 Å². The van der Waals surface area contributed by atoms with Crippen LogP contribution in [0.2, 0.25) is 0 Å². The highest BCUT2D eigenvalue weighted by molar-refractivity contribution is 4.85. The Labute approximate surface area is 49.5 Å². The van der Waals surface area contributed by atoms with Gasteiger partial charge in [0, 0.05) is 6.04 Å². The Balaban J connectivity index is 2.27. The van der Waals surface area contributed by atoms with Gasteiger partial charge in [0.15, 0.2) is 0 Å². The molecule has 1 N–H and O–H groups in total. The third kappa shape index (κ3) is 1.23. The van der Waals surface area contributed by atoms with E-state index in [2.05, 4.69) is 5.32 Å². The zero-order chi connectivity index (χ0) is 5.82. The number of hydrogen-bond acceptors (Lipinski definition) is 2. The Morgan fingerprint density at radius 3 is 3.00 bits per heavy atom. The van der Waals surface area contributed by atoms with Crippen LogP contribution in [0.5, 0.6) is 0 Å². The molecule has 0 aromatic rings. The van der Waals surface area contributed by atoms with Crippen molar-refractivity contribution in [3.63, 3.8) is 0 Å². The van der Waals surface area contributed by atoms with Crippen molar-refractivity contribution in [2.24, 2.45) is 0 Å². The highest BCUT2D eigenvalue weighted by Gasteiger charge is 2.05. The molecule has 0 spiro atoms. The lowest BCUT2D eigenvalue weighted by Gasteiger charge is -2.16. The van der Waals surface area contributed by atoms with Crippen LogP contribution in [0, 0.1) is 0 Å². The largest absolute Gasteiger partial charge is 0.500 e. The molecule has 2 heteroatoms. The van der Waals surface area contributed by atoms with Gasteiger partial charge in [-0.15, -0.1) is 0 Å². The zero-order valence-electron chi connectivity index (χ0n) is 5.05. The van der Waals surface area contributed by atoms with Gasteiger partial charge in [-0.1, -0.05) is 0 Å². The molecule has 1 unspecified atom stereocenters. The van der Waals surface area contributed by atoms with Crippen molar-refractivity contribution in [2.75, 3.05) is 13.7 Å². The topological polar surface area (TPSA) is 21.3 Å². The maximum absolute atomic E-state index is 5.03. The summed E-state index contributed by atoms with van der Waals surface area (Å²) in [6.45, 7) is 0.812. The second-order valence-corrected chi connectivity index (χ2v) is 1.93. The predicted molar refractivity (Wildman–Crippen MR) is 32.6 cm³/mol. The van der Waals surface area contributed by atoms with Crippen molar-refractivity contribution in [2.45, 2.75) is 12.5 Å². The molecule has 0 aliphatic carbocycles. The molecule has 0 aromatic heterocycles. The van der Waals surface area contributed by atoms with Crippen LogP contribution < -0.4 is 5.32 Å². The molecule has 2 nitrogen and oxygen atoms in total. The molecule has 1 rings (SSSR count). The quantitative estimate of drug-likeness (QED) is 0.535. The summed E-state index contributed by atoms with van der Waals surface area (Å²) in [5.74, 6) is 0. The lowest BCUT2D eigenvalue weighted by atomic mass is 10.2. The van der Waals surface area contributed by atoms with E-state index >= 15 is 0 Å². The Hall–Kier alpha value is -0.500. The Morgan fingerprint density at radius 1 is 1.75 bits per heavy atom. The molecule has 0 bridgehead atoms. The first-order valence-electron chi connectivity index (χ1n) is 2.87. The van der Waals surface area contributed by atoms with Crippen molar-refractivity contribution in [1.82, 2.24) is 5.32 Å². The Kier molecular flexibility index (Phi) is 1.92. The molecule has 0 saturated heterocycles. The summed E-state index contributed by atoms with van der Waals surface area (Å²) in [5, 5.41) is 3.13. The third-order valence-corrected chi connectivity index (χ3v) is 1.32. The molecule has 46 valence electrons. The average molecular weight is 113 g/mol. The molecule has 8 heavy (non-hydrogen) atoms. The number of likely N-dealkylation sites (N-methyl/N-ethyl adjacent to an activating group) is 1. The molecular weight excluding hydrogens is 102 g/mol. The van der Waals surface area contributed by atoms with E-state index in [4.69, 9.17) is 4.74 Å². The Bertz CT molecular complexity index is 90.5. The molecule has 0 saturated carbocycles. The maximum atomic E-state index is 5.03. The first-order valence-corrected chi connectivity index (χ1v) is 2.87. The maximum Gasteiger partial charge on any atom is 0.103 e. The van der Waals surface area contributed by atoms with Gasteiger partial charge in [-0.2, -0.15) is 0 Å². The van der Waals surface area contributed by atoms with Crippen LogP contribution in [0.1, 0.15) is 6.42 Å². The van der Waals surface area contributed by atoms with Crippen LogP contribution in [0.25, 0.3) is 0 Å². The van der Waals surface area contributed by atoms with Crippen LogP contribution in [0.3, 0.4) is 0 Å². The number of hydrogen-bond donors (Lipinski definition) is 1. The van der Waals surface area contributed by atoms with E-state index in [1.165, 1.54) is 0 Å². The zero-order valence-corrected chi connectivity index (χ0v) is 5.05. The van der Waals surface area contributed by atoms with Crippen molar-refractivity contribution in [3.8, 4) is 0 Å². The van der Waals surface area contributed by atoms with Crippen LogP contribution in [-0.4, -0.2) is 19.7 Å². The fourth-order valence-electron chi connectivity index (χ4n) is 0.729. The summed E-state index contributed by atoms with van der Waals surface area (Å²) in [6, 6.07) is 0.528. The summed E-state index contributed by atoms with van der Waals surface area (Å²) in [7, 11) is 1.95. The summed E-state index contributed by atoms with van der Waals surface area (Å²) in [6.07, 6.45) is 4.88. The lowest BCUT2D eigenvalue weighted by Crippen LogP contribution is -2.30. The Morgan fingerprint density at radius 2 is 2.62 bits per heavy atom. The number of nitrogens with one attached hydrogen (secondary N) is 1. The average Bonchev–Trinajstić information content (AvgIpc) is 1.90. The molecule has 0 aromatic carbocycles. The molecule has 1 heterocycles. The van der Waals surface area contributed by atoms with Gasteiger partial charge in [0.25, 0.3) is 0 Å². The second kappa shape index (κ2) is 2.72. The first kappa shape index (κ1) is 5.63. The van der Waals surface area contributed by atoms with Crippen molar-refractivity contribution < 1.29 is 4.74 Å². The summed E-state index contributed by atoms with van der Waals surface area (Å²) in [5.41, 5.74) is 0. The molecule has 0 fully saturated rings. The fraction of sp³-hybridized carbons (Fsp3) is 0.667. The van der Waals surface area contributed by atoms with Gasteiger partial charge in [0.1, 0.15) is 6.61 Å². The van der Waals surface area contributed by atoms with Gasteiger partial charge in [0.2, 0.25) is 0 Å². The number of ether oxygens (including phenoxy) is 1. The highest BCUT2D eigenvalue weighted by Crippen LogP contribution is 2.00. The van der Waals surface area contributed by atoms with E-state index in [1.54, 1.807) is 6.26 Å². The van der Waals surface area contributed by atoms with E-state index in [1.807, 2.05) is 13.1 Å². The van der Waals surface area contributed by atoms with Crippen molar-refractivity contribution >= 4 is 0 Å². The van der Waals surface area contributed by atoms with Crippen LogP contribution >= 0.6 is 0 Å². The van der Waals surface area contributed by atoms with Crippen LogP contribution in [0.4, 0.5) is 0 Å². The van der Waals surface area contributed by atoms with Gasteiger partial charge >= 0.3 is 0 Å². The third-order valence-electron chi connectivity index (χ3n) is 1.32. The van der Waals surface area contributed by atoms with E-state index in [0.717, 1.165) is 13.0 Å². The standard InChI is InChI=1S/C6H11NO/c1-7-6-3-2-4-8-5-6/h2,4,6-7H,3,5H2,1H3.